The van der Waals surface area contributed by atoms with Gasteiger partial charge in [0.2, 0.25) is 17.7 Å². The minimum absolute atomic E-state index is 0.142. The van der Waals surface area contributed by atoms with Crippen molar-refractivity contribution in [3.05, 3.63) is 0 Å². The zero-order chi connectivity index (χ0) is 21.0. The Morgan fingerprint density at radius 3 is 2.00 bits per heavy atom. The molecule has 0 aliphatic rings. The fourth-order valence-corrected chi connectivity index (χ4v) is 2.48. The summed E-state index contributed by atoms with van der Waals surface area (Å²) in [6.07, 6.45) is 1.13. The van der Waals surface area contributed by atoms with Crippen molar-refractivity contribution in [2.45, 2.75) is 50.2 Å². The van der Waals surface area contributed by atoms with Crippen molar-refractivity contribution < 1.29 is 34.2 Å². The molecule has 27 heavy (non-hydrogen) atoms. The van der Waals surface area contributed by atoms with E-state index in [1.165, 1.54) is 11.8 Å². The molecule has 0 saturated heterocycles. The van der Waals surface area contributed by atoms with Gasteiger partial charge < -0.3 is 32.3 Å². The first kappa shape index (κ1) is 24.7. The lowest BCUT2D eigenvalue weighted by Gasteiger charge is -2.22. The molecule has 0 fully saturated rings. The highest BCUT2D eigenvalue weighted by atomic mass is 32.2. The van der Waals surface area contributed by atoms with Gasteiger partial charge in [0.25, 0.3) is 0 Å². The number of aliphatic carboxylic acids is 2. The van der Waals surface area contributed by atoms with Crippen LogP contribution in [0.15, 0.2) is 0 Å². The van der Waals surface area contributed by atoms with Gasteiger partial charge in [0.15, 0.2) is 0 Å². The van der Waals surface area contributed by atoms with Crippen molar-refractivity contribution in [1.29, 1.82) is 0 Å². The van der Waals surface area contributed by atoms with E-state index in [9.17, 15) is 29.1 Å². The van der Waals surface area contributed by atoms with Crippen LogP contribution < -0.4 is 22.1 Å². The average molecular weight is 406 g/mol. The van der Waals surface area contributed by atoms with E-state index < -0.39 is 47.8 Å². The molecule has 3 amide bonds. The highest BCUT2D eigenvalue weighted by Gasteiger charge is 2.28. The molecule has 11 nitrogen and oxygen atoms in total. The van der Waals surface area contributed by atoms with Crippen LogP contribution in [0, 0.1) is 0 Å². The molecule has 0 rings (SSSR count). The summed E-state index contributed by atoms with van der Waals surface area (Å²) in [5, 5.41) is 22.4. The van der Waals surface area contributed by atoms with Crippen LogP contribution in [0.2, 0.25) is 0 Å². The van der Waals surface area contributed by atoms with Crippen molar-refractivity contribution in [3.8, 4) is 0 Å². The Morgan fingerprint density at radius 1 is 0.926 bits per heavy atom. The van der Waals surface area contributed by atoms with Gasteiger partial charge in [-0.2, -0.15) is 11.8 Å². The van der Waals surface area contributed by atoms with Crippen LogP contribution in [0.4, 0.5) is 0 Å². The molecule has 0 aromatic rings. The number of rotatable bonds is 14. The molecule has 0 aliphatic carbocycles. The number of carboxylic acid groups (broad SMARTS) is 2. The number of primary amides is 1. The quantitative estimate of drug-likeness (QED) is 0.193. The first-order valence-corrected chi connectivity index (χ1v) is 9.56. The largest absolute Gasteiger partial charge is 0.481 e. The van der Waals surface area contributed by atoms with Gasteiger partial charge >= 0.3 is 11.9 Å². The number of nitrogens with two attached hydrogens (primary N) is 2. The van der Waals surface area contributed by atoms with Crippen molar-refractivity contribution in [2.75, 3.05) is 12.0 Å². The predicted octanol–water partition coefficient (Wildman–Crippen LogP) is -1.75. The highest BCUT2D eigenvalue weighted by Crippen LogP contribution is 2.05. The Morgan fingerprint density at radius 2 is 1.52 bits per heavy atom. The highest BCUT2D eigenvalue weighted by molar-refractivity contribution is 7.98. The second-order valence-electron chi connectivity index (χ2n) is 5.79. The summed E-state index contributed by atoms with van der Waals surface area (Å²) in [5.74, 6) is -4.13. The van der Waals surface area contributed by atoms with E-state index in [0.29, 0.717) is 5.75 Å². The fourth-order valence-electron chi connectivity index (χ4n) is 2.01. The molecule has 0 radical (unpaired) electrons. The van der Waals surface area contributed by atoms with E-state index in [0.717, 1.165) is 0 Å². The molecule has 0 aromatic heterocycles. The summed E-state index contributed by atoms with van der Waals surface area (Å²) in [6.45, 7) is 0. The average Bonchev–Trinajstić information content (AvgIpc) is 2.58. The maximum Gasteiger partial charge on any atom is 0.326 e. The third-order valence-corrected chi connectivity index (χ3v) is 4.19. The summed E-state index contributed by atoms with van der Waals surface area (Å²) in [7, 11) is 0. The monoisotopic (exact) mass is 406 g/mol. The molecule has 154 valence electrons. The molecular weight excluding hydrogens is 380 g/mol. The minimum Gasteiger partial charge on any atom is -0.481 e. The van der Waals surface area contributed by atoms with E-state index in [2.05, 4.69) is 10.6 Å². The van der Waals surface area contributed by atoms with Gasteiger partial charge in [0.1, 0.15) is 12.1 Å². The molecule has 3 atom stereocenters. The lowest BCUT2D eigenvalue weighted by atomic mass is 10.1. The lowest BCUT2D eigenvalue weighted by Crippen LogP contribution is -2.54. The normalized spacial score (nSPS) is 13.9. The zero-order valence-corrected chi connectivity index (χ0v) is 15.8. The number of amides is 3. The third-order valence-electron chi connectivity index (χ3n) is 3.54. The molecule has 3 unspecified atom stereocenters. The van der Waals surface area contributed by atoms with Gasteiger partial charge in [-0.05, 0) is 31.3 Å². The van der Waals surface area contributed by atoms with Crippen LogP contribution >= 0.6 is 11.8 Å². The molecule has 8 N–H and O–H groups in total. The summed E-state index contributed by atoms with van der Waals surface area (Å²) in [6, 6.07) is -3.55. The molecular formula is C15H26N4O7S. The smallest absolute Gasteiger partial charge is 0.326 e. The Balaban J connectivity index is 5.01. The van der Waals surface area contributed by atoms with E-state index in [1.54, 1.807) is 6.26 Å². The van der Waals surface area contributed by atoms with E-state index in [-0.39, 0.29) is 32.1 Å². The topological polar surface area (TPSA) is 202 Å². The number of carboxylic acids is 2. The molecule has 0 spiro atoms. The first-order chi connectivity index (χ1) is 12.6. The van der Waals surface area contributed by atoms with E-state index in [4.69, 9.17) is 16.6 Å². The summed E-state index contributed by atoms with van der Waals surface area (Å²) < 4.78 is 0. The maximum atomic E-state index is 12.4. The Kier molecular flexibility index (Phi) is 11.8. The second kappa shape index (κ2) is 12.9. The first-order valence-electron chi connectivity index (χ1n) is 8.16. The SMILES string of the molecule is CSCCC(NC(=O)C(CCC(N)=O)NC(=O)C(N)CCC(=O)O)C(=O)O. The Bertz CT molecular complexity index is 558. The number of nitrogens with one attached hydrogen (secondary N) is 2. The summed E-state index contributed by atoms with van der Waals surface area (Å²) in [5.41, 5.74) is 10.6. The number of carbonyl (C=O) groups excluding carboxylic acids is 3. The molecule has 0 bridgehead atoms. The molecule has 0 saturated carbocycles. The summed E-state index contributed by atoms with van der Waals surface area (Å²) in [4.78, 5) is 57.2. The van der Waals surface area contributed by atoms with E-state index in [1.807, 2.05) is 0 Å². The van der Waals surface area contributed by atoms with Crippen molar-refractivity contribution in [3.63, 3.8) is 0 Å². The predicted molar refractivity (Wildman–Crippen MR) is 97.8 cm³/mol. The number of carbonyl (C=O) groups is 5. The number of thioether (sulfide) groups is 1. The molecule has 0 aromatic carbocycles. The third kappa shape index (κ3) is 11.1. The van der Waals surface area contributed by atoms with Crippen LogP contribution in [0.3, 0.4) is 0 Å². The molecule has 0 aliphatic heterocycles. The van der Waals surface area contributed by atoms with Gasteiger partial charge in [-0.3, -0.25) is 19.2 Å². The van der Waals surface area contributed by atoms with Crippen molar-refractivity contribution >= 4 is 41.4 Å². The standard InChI is InChI=1S/C15H26N4O7S/c1-27-7-6-10(15(25)26)19-14(24)9(3-4-11(17)20)18-13(23)8(16)2-5-12(21)22/h8-10H,2-7,16H2,1H3,(H2,17,20)(H,18,23)(H,19,24)(H,21,22)(H,25,26). The fraction of sp³-hybridized carbons (Fsp3) is 0.667. The van der Waals surface area contributed by atoms with Crippen LogP contribution in [-0.2, 0) is 24.0 Å². The van der Waals surface area contributed by atoms with Crippen molar-refractivity contribution in [2.24, 2.45) is 11.5 Å². The van der Waals surface area contributed by atoms with Gasteiger partial charge in [0.05, 0.1) is 6.04 Å². The number of hydrogen-bond acceptors (Lipinski definition) is 7. The lowest BCUT2D eigenvalue weighted by molar-refractivity contribution is -0.142. The van der Waals surface area contributed by atoms with Crippen LogP contribution in [-0.4, -0.2) is 70.0 Å². The van der Waals surface area contributed by atoms with Gasteiger partial charge in [0, 0.05) is 12.8 Å². The maximum absolute atomic E-state index is 12.4. The Hall–Kier alpha value is -2.34. The van der Waals surface area contributed by atoms with Crippen LogP contribution in [0.5, 0.6) is 0 Å². The zero-order valence-electron chi connectivity index (χ0n) is 15.0. The second-order valence-corrected chi connectivity index (χ2v) is 6.77. The van der Waals surface area contributed by atoms with Crippen molar-refractivity contribution in [1.82, 2.24) is 10.6 Å². The van der Waals surface area contributed by atoms with E-state index >= 15 is 0 Å². The minimum atomic E-state index is -1.23. The van der Waals surface area contributed by atoms with Crippen LogP contribution in [0.1, 0.15) is 32.1 Å². The number of hydrogen-bond donors (Lipinski definition) is 6. The molecule has 0 heterocycles. The Labute approximate surface area is 160 Å². The van der Waals surface area contributed by atoms with Crippen LogP contribution in [0.25, 0.3) is 0 Å². The summed E-state index contributed by atoms with van der Waals surface area (Å²) >= 11 is 1.41. The van der Waals surface area contributed by atoms with Gasteiger partial charge in [-0.1, -0.05) is 0 Å². The van der Waals surface area contributed by atoms with Gasteiger partial charge in [-0.15, -0.1) is 0 Å². The van der Waals surface area contributed by atoms with Gasteiger partial charge in [-0.25, -0.2) is 4.79 Å². The molecule has 12 heteroatoms.